The van der Waals surface area contributed by atoms with E-state index in [0.29, 0.717) is 13.0 Å². The number of hydrogen-bond acceptors (Lipinski definition) is 4. The minimum Gasteiger partial charge on any atom is -0.469 e. The highest BCUT2D eigenvalue weighted by Crippen LogP contribution is 2.28. The van der Waals surface area contributed by atoms with Crippen molar-refractivity contribution in [2.75, 3.05) is 19.4 Å². The standard InChI is InChI=1S/C11H20N2O2S/c1-4-11(5-2)8-16-10(13-11)12-7-6-9(14)15-3/h4-8H2,1-3H3,(H,12,13). The molecule has 0 unspecified atom stereocenters. The van der Waals surface area contributed by atoms with Gasteiger partial charge in [0, 0.05) is 11.3 Å². The highest BCUT2D eigenvalue weighted by atomic mass is 32.2. The number of hydrogen-bond donors (Lipinski definition) is 1. The maximum atomic E-state index is 10.9. The number of esters is 1. The first kappa shape index (κ1) is 13.4. The van der Waals surface area contributed by atoms with E-state index in [4.69, 9.17) is 0 Å². The van der Waals surface area contributed by atoms with Crippen LogP contribution in [0.3, 0.4) is 0 Å². The van der Waals surface area contributed by atoms with Gasteiger partial charge in [-0.1, -0.05) is 25.6 Å². The Morgan fingerprint density at radius 1 is 1.56 bits per heavy atom. The molecule has 92 valence electrons. The van der Waals surface area contributed by atoms with E-state index in [1.165, 1.54) is 7.11 Å². The number of thioether (sulfide) groups is 1. The summed E-state index contributed by atoms with van der Waals surface area (Å²) in [5, 5.41) is 4.42. The first-order valence-electron chi connectivity index (χ1n) is 5.68. The highest BCUT2D eigenvalue weighted by Gasteiger charge is 2.33. The monoisotopic (exact) mass is 244 g/mol. The molecule has 1 rings (SSSR count). The molecule has 1 N–H and O–H groups in total. The third-order valence-corrected chi connectivity index (χ3v) is 4.21. The van der Waals surface area contributed by atoms with Gasteiger partial charge >= 0.3 is 5.97 Å². The van der Waals surface area contributed by atoms with Crippen LogP contribution < -0.4 is 5.32 Å². The molecule has 0 atom stereocenters. The van der Waals surface area contributed by atoms with E-state index in [1.54, 1.807) is 11.8 Å². The molecule has 0 aromatic rings. The number of methoxy groups -OCH3 is 1. The van der Waals surface area contributed by atoms with Gasteiger partial charge < -0.3 is 10.1 Å². The second-order valence-electron chi connectivity index (χ2n) is 3.91. The largest absolute Gasteiger partial charge is 0.469 e. The molecule has 1 heterocycles. The molecule has 1 fully saturated rings. The first-order chi connectivity index (χ1) is 7.65. The van der Waals surface area contributed by atoms with Crippen molar-refractivity contribution in [3.8, 4) is 0 Å². The van der Waals surface area contributed by atoms with Gasteiger partial charge in [-0.3, -0.25) is 9.79 Å². The molecule has 0 spiro atoms. The van der Waals surface area contributed by atoms with Crippen molar-refractivity contribution in [2.45, 2.75) is 38.6 Å². The van der Waals surface area contributed by atoms with Crippen molar-refractivity contribution in [3.63, 3.8) is 0 Å². The van der Waals surface area contributed by atoms with Crippen molar-refractivity contribution >= 4 is 22.9 Å². The van der Waals surface area contributed by atoms with Crippen molar-refractivity contribution < 1.29 is 9.53 Å². The summed E-state index contributed by atoms with van der Waals surface area (Å²) in [5.74, 6) is 0.862. The van der Waals surface area contributed by atoms with Crippen LogP contribution in [-0.4, -0.2) is 36.1 Å². The molecule has 1 saturated heterocycles. The third-order valence-electron chi connectivity index (χ3n) is 3.01. The predicted octanol–water partition coefficient (Wildman–Crippen LogP) is 1.80. The van der Waals surface area contributed by atoms with Gasteiger partial charge in [0.2, 0.25) is 0 Å². The average Bonchev–Trinajstić information content (AvgIpc) is 2.73. The summed E-state index contributed by atoms with van der Waals surface area (Å²) >= 11 is 1.74. The Kier molecular flexibility index (Phi) is 5.12. The fourth-order valence-corrected chi connectivity index (χ4v) is 2.94. The molecular formula is C11H20N2O2S. The van der Waals surface area contributed by atoms with Gasteiger partial charge in [-0.2, -0.15) is 0 Å². The quantitative estimate of drug-likeness (QED) is 0.749. The number of nitrogens with one attached hydrogen (secondary N) is 1. The maximum Gasteiger partial charge on any atom is 0.307 e. The summed E-state index contributed by atoms with van der Waals surface area (Å²) in [6, 6.07) is 0. The molecule has 1 aliphatic rings. The van der Waals surface area contributed by atoms with Gasteiger partial charge in [-0.15, -0.1) is 0 Å². The zero-order chi connectivity index (χ0) is 12.0. The van der Waals surface area contributed by atoms with Crippen molar-refractivity contribution in [1.29, 1.82) is 0 Å². The number of nitrogens with zero attached hydrogens (tertiary/aromatic N) is 1. The molecule has 0 saturated carbocycles. The van der Waals surface area contributed by atoms with Crippen LogP contribution in [0.4, 0.5) is 0 Å². The van der Waals surface area contributed by atoms with Crippen LogP contribution in [-0.2, 0) is 9.53 Å². The second kappa shape index (κ2) is 6.13. The summed E-state index contributed by atoms with van der Waals surface area (Å²) < 4.78 is 4.56. The average molecular weight is 244 g/mol. The summed E-state index contributed by atoms with van der Waals surface area (Å²) in [6.45, 7) is 4.88. The Hall–Kier alpha value is -0.710. The first-order valence-corrected chi connectivity index (χ1v) is 6.66. The summed E-state index contributed by atoms with van der Waals surface area (Å²) in [6.07, 6.45) is 2.56. The Morgan fingerprint density at radius 2 is 2.25 bits per heavy atom. The van der Waals surface area contributed by atoms with Crippen molar-refractivity contribution in [3.05, 3.63) is 0 Å². The Bertz CT molecular complexity index is 275. The number of carbonyl (C=O) groups is 1. The Morgan fingerprint density at radius 3 is 2.75 bits per heavy atom. The van der Waals surface area contributed by atoms with E-state index in [-0.39, 0.29) is 11.5 Å². The number of rotatable bonds is 5. The van der Waals surface area contributed by atoms with Crippen LogP contribution in [0.2, 0.25) is 0 Å². The minimum atomic E-state index is -0.204. The fraction of sp³-hybridized carbons (Fsp3) is 0.818. The van der Waals surface area contributed by atoms with E-state index in [9.17, 15) is 4.79 Å². The lowest BCUT2D eigenvalue weighted by atomic mass is 9.96. The molecule has 0 radical (unpaired) electrons. The summed E-state index contributed by atoms with van der Waals surface area (Å²) in [5.41, 5.74) is 0.203. The Labute approximate surface area is 101 Å². The van der Waals surface area contributed by atoms with Crippen LogP contribution in [0.15, 0.2) is 4.99 Å². The van der Waals surface area contributed by atoms with Crippen molar-refractivity contribution in [1.82, 2.24) is 5.32 Å². The smallest absolute Gasteiger partial charge is 0.307 e. The maximum absolute atomic E-state index is 10.9. The van der Waals surface area contributed by atoms with Gasteiger partial charge in [-0.05, 0) is 12.8 Å². The Balaban J connectivity index is 2.40. The zero-order valence-electron chi connectivity index (χ0n) is 10.2. The minimum absolute atomic E-state index is 0.203. The van der Waals surface area contributed by atoms with E-state index in [0.717, 1.165) is 23.8 Å². The summed E-state index contributed by atoms with van der Waals surface area (Å²) in [7, 11) is 1.40. The molecule has 0 aromatic carbocycles. The lowest BCUT2D eigenvalue weighted by molar-refractivity contribution is -0.140. The van der Waals surface area contributed by atoms with Crippen LogP contribution in [0, 0.1) is 0 Å². The van der Waals surface area contributed by atoms with Gasteiger partial charge in [0.25, 0.3) is 0 Å². The molecule has 16 heavy (non-hydrogen) atoms. The highest BCUT2D eigenvalue weighted by molar-refractivity contribution is 8.14. The number of ether oxygens (including phenoxy) is 1. The fourth-order valence-electron chi connectivity index (χ4n) is 1.57. The third kappa shape index (κ3) is 3.40. The van der Waals surface area contributed by atoms with Gasteiger partial charge in [-0.25, -0.2) is 0 Å². The van der Waals surface area contributed by atoms with Gasteiger partial charge in [0.05, 0.1) is 20.1 Å². The normalized spacial score (nSPS) is 20.8. The summed E-state index contributed by atoms with van der Waals surface area (Å²) in [4.78, 5) is 15.3. The van der Waals surface area contributed by atoms with Gasteiger partial charge in [0.1, 0.15) is 0 Å². The van der Waals surface area contributed by atoms with E-state index >= 15 is 0 Å². The number of amidine groups is 1. The van der Waals surface area contributed by atoms with Crippen LogP contribution in [0.25, 0.3) is 0 Å². The number of carbonyl (C=O) groups excluding carboxylic acids is 1. The molecule has 0 aromatic heterocycles. The molecular weight excluding hydrogens is 224 g/mol. The zero-order valence-corrected chi connectivity index (χ0v) is 11.0. The lowest BCUT2D eigenvalue weighted by Crippen LogP contribution is -2.42. The molecule has 0 aliphatic carbocycles. The van der Waals surface area contributed by atoms with Gasteiger partial charge in [0.15, 0.2) is 5.17 Å². The SMILES string of the molecule is CCC1(CC)CSC(=NCCC(=O)OC)N1. The molecule has 1 aliphatic heterocycles. The van der Waals surface area contributed by atoms with E-state index < -0.39 is 0 Å². The second-order valence-corrected chi connectivity index (χ2v) is 4.88. The molecule has 5 heteroatoms. The molecule has 4 nitrogen and oxygen atoms in total. The van der Waals surface area contributed by atoms with E-state index in [2.05, 4.69) is 28.9 Å². The molecule has 0 bridgehead atoms. The topological polar surface area (TPSA) is 50.7 Å². The van der Waals surface area contributed by atoms with Crippen LogP contribution in [0.5, 0.6) is 0 Å². The predicted molar refractivity (Wildman–Crippen MR) is 67.8 cm³/mol. The lowest BCUT2D eigenvalue weighted by Gasteiger charge is -2.25. The van der Waals surface area contributed by atoms with Crippen LogP contribution in [0.1, 0.15) is 33.1 Å². The van der Waals surface area contributed by atoms with E-state index in [1.807, 2.05) is 0 Å². The van der Waals surface area contributed by atoms with Crippen LogP contribution >= 0.6 is 11.8 Å². The van der Waals surface area contributed by atoms with Crippen molar-refractivity contribution in [2.24, 2.45) is 4.99 Å². The number of aliphatic imine (C=N–C) groups is 1. The molecule has 0 amide bonds.